The first-order valence-corrected chi connectivity index (χ1v) is 8.81. The fourth-order valence-corrected chi connectivity index (χ4v) is 3.74. The minimum absolute atomic E-state index is 0.579. The molecule has 0 amide bonds. The molecule has 130 valence electrons. The molecule has 0 aliphatic heterocycles. The zero-order valence-corrected chi connectivity index (χ0v) is 14.8. The number of carboxylic acid groups (broad SMARTS) is 2. The summed E-state index contributed by atoms with van der Waals surface area (Å²) in [6.45, 7) is 7.95. The van der Waals surface area contributed by atoms with Gasteiger partial charge in [0.1, 0.15) is 0 Å². The topological polar surface area (TPSA) is 74.6 Å². The Labute approximate surface area is 135 Å². The van der Waals surface area contributed by atoms with Crippen LogP contribution in [-0.4, -0.2) is 22.2 Å². The Morgan fingerprint density at radius 1 is 0.682 bits per heavy atom. The molecule has 1 atom stereocenters. The molecule has 0 spiro atoms. The van der Waals surface area contributed by atoms with E-state index >= 15 is 0 Å². The molecular formula is C18H34O4. The molecule has 1 unspecified atom stereocenters. The van der Waals surface area contributed by atoms with Gasteiger partial charge in [0.2, 0.25) is 0 Å². The van der Waals surface area contributed by atoms with E-state index in [1.165, 1.54) is 0 Å². The molecule has 0 bridgehead atoms. The number of carboxylic acids is 2. The fourth-order valence-electron chi connectivity index (χ4n) is 3.74. The van der Waals surface area contributed by atoms with Crippen molar-refractivity contribution in [3.05, 3.63) is 0 Å². The van der Waals surface area contributed by atoms with Gasteiger partial charge in [-0.25, -0.2) is 0 Å². The van der Waals surface area contributed by atoms with Gasteiger partial charge in [-0.05, 0) is 38.5 Å². The van der Waals surface area contributed by atoms with Crippen LogP contribution in [0.2, 0.25) is 0 Å². The zero-order chi connectivity index (χ0) is 17.2. The Hall–Kier alpha value is -1.06. The lowest BCUT2D eigenvalue weighted by atomic mass is 9.71. The number of hydrogen-bond acceptors (Lipinski definition) is 2. The molecule has 4 heteroatoms. The van der Waals surface area contributed by atoms with Crippen LogP contribution in [0.5, 0.6) is 0 Å². The molecule has 0 heterocycles. The molecule has 0 fully saturated rings. The van der Waals surface area contributed by atoms with E-state index in [1.54, 1.807) is 0 Å². The summed E-state index contributed by atoms with van der Waals surface area (Å²) in [6.07, 6.45) is 7.00. The van der Waals surface area contributed by atoms with E-state index in [4.69, 9.17) is 0 Å². The van der Waals surface area contributed by atoms with Crippen molar-refractivity contribution in [1.29, 1.82) is 0 Å². The van der Waals surface area contributed by atoms with Crippen molar-refractivity contribution < 1.29 is 19.8 Å². The lowest BCUT2D eigenvalue weighted by molar-refractivity contribution is -0.151. The number of rotatable bonds is 13. The second-order valence-electron chi connectivity index (χ2n) is 6.63. The fraction of sp³-hybridized carbons (Fsp3) is 0.889. The number of aliphatic carboxylic acids is 2. The van der Waals surface area contributed by atoms with Crippen LogP contribution in [0.1, 0.15) is 91.9 Å². The molecule has 0 aliphatic rings. The van der Waals surface area contributed by atoms with Crippen molar-refractivity contribution in [2.75, 3.05) is 0 Å². The highest BCUT2D eigenvalue weighted by Gasteiger charge is 2.39. The third-order valence-electron chi connectivity index (χ3n) is 5.08. The van der Waals surface area contributed by atoms with E-state index in [-0.39, 0.29) is 0 Å². The highest BCUT2D eigenvalue weighted by molar-refractivity contribution is 5.75. The van der Waals surface area contributed by atoms with Crippen LogP contribution in [-0.2, 0) is 9.59 Å². The van der Waals surface area contributed by atoms with Crippen LogP contribution in [0.25, 0.3) is 0 Å². The van der Waals surface area contributed by atoms with E-state index in [2.05, 4.69) is 0 Å². The Morgan fingerprint density at radius 2 is 1.05 bits per heavy atom. The Kier molecular flexibility index (Phi) is 9.38. The van der Waals surface area contributed by atoms with Gasteiger partial charge in [0.05, 0.1) is 10.8 Å². The molecule has 0 aromatic heterocycles. The third-order valence-corrected chi connectivity index (χ3v) is 5.08. The van der Waals surface area contributed by atoms with Crippen molar-refractivity contribution in [2.24, 2.45) is 10.8 Å². The predicted octanol–water partition coefficient (Wildman–Crippen LogP) is 5.11. The van der Waals surface area contributed by atoms with E-state index in [0.717, 1.165) is 19.3 Å². The quantitative estimate of drug-likeness (QED) is 0.495. The first-order chi connectivity index (χ1) is 10.3. The summed E-state index contributed by atoms with van der Waals surface area (Å²) in [4.78, 5) is 23.4. The smallest absolute Gasteiger partial charge is 0.309 e. The van der Waals surface area contributed by atoms with Crippen LogP contribution < -0.4 is 0 Å². The van der Waals surface area contributed by atoms with Crippen molar-refractivity contribution >= 4 is 11.9 Å². The molecule has 0 saturated carbocycles. The van der Waals surface area contributed by atoms with Crippen molar-refractivity contribution in [1.82, 2.24) is 0 Å². The molecular weight excluding hydrogens is 280 g/mol. The first kappa shape index (κ1) is 20.9. The van der Waals surface area contributed by atoms with Crippen molar-refractivity contribution in [3.8, 4) is 0 Å². The maximum absolute atomic E-state index is 11.8. The summed E-state index contributed by atoms with van der Waals surface area (Å²) in [7, 11) is 0. The van der Waals surface area contributed by atoms with Gasteiger partial charge in [-0.2, -0.15) is 0 Å². The van der Waals surface area contributed by atoms with Gasteiger partial charge in [-0.3, -0.25) is 9.59 Å². The minimum Gasteiger partial charge on any atom is -0.481 e. The van der Waals surface area contributed by atoms with Gasteiger partial charge in [-0.1, -0.05) is 53.4 Å². The van der Waals surface area contributed by atoms with Crippen LogP contribution in [0.3, 0.4) is 0 Å². The monoisotopic (exact) mass is 314 g/mol. The average Bonchev–Trinajstić information content (AvgIpc) is 2.46. The molecule has 2 N–H and O–H groups in total. The number of hydrogen-bond donors (Lipinski definition) is 2. The highest BCUT2D eigenvalue weighted by Crippen LogP contribution is 2.40. The zero-order valence-electron chi connectivity index (χ0n) is 14.8. The van der Waals surface area contributed by atoms with Gasteiger partial charge in [-0.15, -0.1) is 0 Å². The molecule has 0 aliphatic carbocycles. The van der Waals surface area contributed by atoms with Gasteiger partial charge >= 0.3 is 11.9 Å². The van der Waals surface area contributed by atoms with E-state index in [0.29, 0.717) is 44.9 Å². The SMILES string of the molecule is CCCC(CC)(CCCC(CCC)(CCC)C(=O)O)C(=O)O. The standard InChI is InChI=1S/C18H34O4/c1-5-10-17(8-4,15(19)20)13-9-14-18(11-6-2,12-7-3)16(21)22/h5-14H2,1-4H3,(H,19,20)(H,21,22). The molecule has 4 nitrogen and oxygen atoms in total. The van der Waals surface area contributed by atoms with Crippen LogP contribution >= 0.6 is 0 Å². The van der Waals surface area contributed by atoms with E-state index in [9.17, 15) is 19.8 Å². The van der Waals surface area contributed by atoms with Crippen molar-refractivity contribution in [2.45, 2.75) is 91.9 Å². The van der Waals surface area contributed by atoms with Gasteiger partial charge < -0.3 is 10.2 Å². The summed E-state index contributed by atoms with van der Waals surface area (Å²) in [5, 5.41) is 19.3. The highest BCUT2D eigenvalue weighted by atomic mass is 16.4. The second-order valence-corrected chi connectivity index (χ2v) is 6.63. The molecule has 0 saturated heterocycles. The molecule has 0 aromatic carbocycles. The largest absolute Gasteiger partial charge is 0.481 e. The molecule has 22 heavy (non-hydrogen) atoms. The normalized spacial score (nSPS) is 14.5. The summed E-state index contributed by atoms with van der Waals surface area (Å²) in [5.74, 6) is -1.45. The van der Waals surface area contributed by atoms with Gasteiger partial charge in [0.25, 0.3) is 0 Å². The predicted molar refractivity (Wildman–Crippen MR) is 89.0 cm³/mol. The summed E-state index contributed by atoms with van der Waals surface area (Å²) in [6, 6.07) is 0. The summed E-state index contributed by atoms with van der Waals surface area (Å²) in [5.41, 5.74) is -1.36. The van der Waals surface area contributed by atoms with E-state index in [1.807, 2.05) is 27.7 Å². The Morgan fingerprint density at radius 3 is 1.36 bits per heavy atom. The lowest BCUT2D eigenvalue weighted by Crippen LogP contribution is -2.33. The van der Waals surface area contributed by atoms with Crippen molar-refractivity contribution in [3.63, 3.8) is 0 Å². The van der Waals surface area contributed by atoms with Crippen LogP contribution in [0.15, 0.2) is 0 Å². The summed E-state index contributed by atoms with van der Waals surface area (Å²) < 4.78 is 0. The molecule has 0 radical (unpaired) electrons. The first-order valence-electron chi connectivity index (χ1n) is 8.81. The molecule has 0 aromatic rings. The third kappa shape index (κ3) is 5.29. The lowest BCUT2D eigenvalue weighted by Gasteiger charge is -2.32. The second kappa shape index (κ2) is 9.86. The molecule has 0 rings (SSSR count). The number of carbonyl (C=O) groups is 2. The van der Waals surface area contributed by atoms with Gasteiger partial charge in [0.15, 0.2) is 0 Å². The van der Waals surface area contributed by atoms with E-state index < -0.39 is 22.8 Å². The summed E-state index contributed by atoms with van der Waals surface area (Å²) >= 11 is 0. The maximum Gasteiger partial charge on any atom is 0.309 e. The Bertz CT molecular complexity index is 345. The maximum atomic E-state index is 11.8. The Balaban J connectivity index is 4.97. The van der Waals surface area contributed by atoms with Crippen LogP contribution in [0, 0.1) is 10.8 Å². The van der Waals surface area contributed by atoms with Crippen LogP contribution in [0.4, 0.5) is 0 Å². The average molecular weight is 314 g/mol. The minimum atomic E-state index is -0.733. The van der Waals surface area contributed by atoms with Gasteiger partial charge in [0, 0.05) is 0 Å².